The summed E-state index contributed by atoms with van der Waals surface area (Å²) in [5, 5.41) is 0. The molecule has 0 unspecified atom stereocenters. The molecule has 3 heterocycles. The van der Waals surface area contributed by atoms with Gasteiger partial charge in [0, 0.05) is 37.5 Å². The Labute approximate surface area is 101 Å². The average molecular weight is 235 g/mol. The maximum Gasteiger partial charge on any atom is 0.257 e. The van der Waals surface area contributed by atoms with Gasteiger partial charge in [0.25, 0.3) is 5.88 Å². The molecule has 0 aromatic carbocycles. The van der Waals surface area contributed by atoms with Crippen LogP contribution in [0.3, 0.4) is 0 Å². The predicted molar refractivity (Wildman–Crippen MR) is 63.3 cm³/mol. The fourth-order valence-electron chi connectivity index (χ4n) is 2.77. The number of anilines is 1. The fraction of sp³-hybridized carbons (Fsp3) is 0.667. The zero-order chi connectivity index (χ0) is 11.7. The van der Waals surface area contributed by atoms with Gasteiger partial charge in [-0.05, 0) is 12.8 Å². The summed E-state index contributed by atoms with van der Waals surface area (Å²) in [7, 11) is 1.64. The summed E-state index contributed by atoms with van der Waals surface area (Å²) in [6, 6.07) is 0. The highest BCUT2D eigenvalue weighted by molar-refractivity contribution is 5.49. The minimum absolute atomic E-state index is 0.336. The van der Waals surface area contributed by atoms with Gasteiger partial charge >= 0.3 is 0 Å². The molecule has 0 radical (unpaired) electrons. The maximum absolute atomic E-state index is 5.53. The lowest BCUT2D eigenvalue weighted by Gasteiger charge is -2.23. The molecule has 2 aliphatic heterocycles. The molecule has 0 amide bonds. The Kier molecular flexibility index (Phi) is 2.63. The van der Waals surface area contributed by atoms with E-state index in [2.05, 4.69) is 14.9 Å². The van der Waals surface area contributed by atoms with Gasteiger partial charge in [0.05, 0.1) is 13.7 Å². The Morgan fingerprint density at radius 2 is 2.24 bits per heavy atom. The molecule has 1 atom stereocenters. The van der Waals surface area contributed by atoms with E-state index in [9.17, 15) is 0 Å². The quantitative estimate of drug-likeness (QED) is 0.768. The van der Waals surface area contributed by atoms with Crippen LogP contribution in [0.4, 0.5) is 5.82 Å². The number of hydrogen-bond acceptors (Lipinski definition) is 5. The normalized spacial score (nSPS) is 27.9. The lowest BCUT2D eigenvalue weighted by molar-refractivity contribution is 0.160. The number of hydrogen-bond donors (Lipinski definition) is 0. The minimum atomic E-state index is 0.336. The zero-order valence-corrected chi connectivity index (χ0v) is 10.1. The Morgan fingerprint density at radius 1 is 1.35 bits per heavy atom. The number of nitrogens with zero attached hydrogens (tertiary/aromatic N) is 3. The summed E-state index contributed by atoms with van der Waals surface area (Å²) >= 11 is 0. The first kappa shape index (κ1) is 10.8. The highest BCUT2D eigenvalue weighted by Gasteiger charge is 2.42. The molecule has 2 saturated heterocycles. The van der Waals surface area contributed by atoms with Gasteiger partial charge in [-0.25, -0.2) is 9.97 Å². The van der Waals surface area contributed by atoms with Crippen LogP contribution in [0.15, 0.2) is 12.4 Å². The summed E-state index contributed by atoms with van der Waals surface area (Å²) in [6.07, 6.45) is 5.71. The Bertz CT molecular complexity index is 404. The second-order valence-electron chi connectivity index (χ2n) is 4.86. The smallest absolute Gasteiger partial charge is 0.257 e. The van der Waals surface area contributed by atoms with Gasteiger partial charge in [-0.1, -0.05) is 0 Å². The van der Waals surface area contributed by atoms with Gasteiger partial charge in [0.15, 0.2) is 5.82 Å². The van der Waals surface area contributed by atoms with Crippen molar-refractivity contribution in [1.29, 1.82) is 0 Å². The Hall–Kier alpha value is -1.36. The van der Waals surface area contributed by atoms with Gasteiger partial charge in [0.2, 0.25) is 0 Å². The maximum atomic E-state index is 5.53. The first-order valence-electron chi connectivity index (χ1n) is 6.01. The van der Waals surface area contributed by atoms with Crippen molar-refractivity contribution in [3.63, 3.8) is 0 Å². The van der Waals surface area contributed by atoms with E-state index in [4.69, 9.17) is 9.47 Å². The van der Waals surface area contributed by atoms with Crippen LogP contribution >= 0.6 is 0 Å². The molecule has 2 aliphatic rings. The summed E-state index contributed by atoms with van der Waals surface area (Å²) in [5.41, 5.74) is 0.336. The van der Waals surface area contributed by atoms with Crippen molar-refractivity contribution in [3.8, 4) is 5.88 Å². The average Bonchev–Trinajstić information content (AvgIpc) is 3.00. The van der Waals surface area contributed by atoms with E-state index in [-0.39, 0.29) is 0 Å². The third-order valence-corrected chi connectivity index (χ3v) is 3.76. The zero-order valence-electron chi connectivity index (χ0n) is 10.1. The van der Waals surface area contributed by atoms with Crippen LogP contribution in [-0.2, 0) is 4.74 Å². The molecule has 5 nitrogen and oxygen atoms in total. The lowest BCUT2D eigenvalue weighted by Crippen LogP contribution is -2.28. The molecule has 5 heteroatoms. The molecule has 0 bridgehead atoms. The first-order valence-corrected chi connectivity index (χ1v) is 6.01. The molecule has 92 valence electrons. The van der Waals surface area contributed by atoms with Crippen molar-refractivity contribution in [3.05, 3.63) is 12.4 Å². The predicted octanol–water partition coefficient (Wildman–Crippen LogP) is 1.10. The van der Waals surface area contributed by atoms with E-state index in [0.717, 1.165) is 38.5 Å². The summed E-state index contributed by atoms with van der Waals surface area (Å²) < 4.78 is 10.8. The van der Waals surface area contributed by atoms with E-state index >= 15 is 0 Å². The molecule has 0 aliphatic carbocycles. The minimum Gasteiger partial charge on any atom is -0.478 e. The highest BCUT2D eigenvalue weighted by atomic mass is 16.5. The lowest BCUT2D eigenvalue weighted by atomic mass is 9.87. The van der Waals surface area contributed by atoms with E-state index < -0.39 is 0 Å². The molecule has 0 N–H and O–H groups in total. The fourth-order valence-corrected chi connectivity index (χ4v) is 2.77. The number of aromatic nitrogens is 2. The monoisotopic (exact) mass is 235 g/mol. The van der Waals surface area contributed by atoms with Crippen LogP contribution in [0.1, 0.15) is 12.8 Å². The Balaban J connectivity index is 1.82. The van der Waals surface area contributed by atoms with Crippen molar-refractivity contribution in [2.45, 2.75) is 12.8 Å². The molecule has 2 fully saturated rings. The van der Waals surface area contributed by atoms with Gasteiger partial charge in [-0.2, -0.15) is 0 Å². The van der Waals surface area contributed by atoms with Crippen LogP contribution in [-0.4, -0.2) is 43.4 Å². The SMILES string of the molecule is COc1nccnc1N1CC[C@]2(CCOC2)C1. The number of methoxy groups -OCH3 is 1. The topological polar surface area (TPSA) is 47.5 Å². The van der Waals surface area contributed by atoms with Gasteiger partial charge in [0.1, 0.15) is 0 Å². The summed E-state index contributed by atoms with van der Waals surface area (Å²) in [4.78, 5) is 10.8. The number of rotatable bonds is 2. The van der Waals surface area contributed by atoms with Crippen LogP contribution in [0.5, 0.6) is 5.88 Å². The van der Waals surface area contributed by atoms with Gasteiger partial charge in [-0.3, -0.25) is 0 Å². The van der Waals surface area contributed by atoms with E-state index in [1.54, 1.807) is 19.5 Å². The summed E-state index contributed by atoms with van der Waals surface area (Å²) in [6.45, 7) is 3.79. The van der Waals surface area contributed by atoms with Crippen LogP contribution in [0, 0.1) is 5.41 Å². The van der Waals surface area contributed by atoms with E-state index in [0.29, 0.717) is 11.3 Å². The first-order chi connectivity index (χ1) is 8.33. The molecule has 0 saturated carbocycles. The third-order valence-electron chi connectivity index (χ3n) is 3.76. The van der Waals surface area contributed by atoms with Crippen LogP contribution in [0.2, 0.25) is 0 Å². The third kappa shape index (κ3) is 1.84. The molecule has 3 rings (SSSR count). The number of ether oxygens (including phenoxy) is 2. The van der Waals surface area contributed by atoms with Crippen LogP contribution in [0.25, 0.3) is 0 Å². The molecule has 1 aromatic heterocycles. The molecular formula is C12H17N3O2. The largest absolute Gasteiger partial charge is 0.478 e. The second-order valence-corrected chi connectivity index (χ2v) is 4.86. The van der Waals surface area contributed by atoms with E-state index in [1.165, 1.54) is 6.42 Å². The molecular weight excluding hydrogens is 218 g/mol. The van der Waals surface area contributed by atoms with Crippen molar-refractivity contribution >= 4 is 5.82 Å². The van der Waals surface area contributed by atoms with Gasteiger partial charge < -0.3 is 14.4 Å². The van der Waals surface area contributed by atoms with E-state index in [1.807, 2.05) is 0 Å². The molecule has 17 heavy (non-hydrogen) atoms. The van der Waals surface area contributed by atoms with Gasteiger partial charge in [-0.15, -0.1) is 0 Å². The van der Waals surface area contributed by atoms with Crippen molar-refractivity contribution in [2.75, 3.05) is 38.3 Å². The van der Waals surface area contributed by atoms with Crippen molar-refractivity contribution in [1.82, 2.24) is 9.97 Å². The van der Waals surface area contributed by atoms with Crippen molar-refractivity contribution in [2.24, 2.45) is 5.41 Å². The summed E-state index contributed by atoms with van der Waals surface area (Å²) in [5.74, 6) is 1.47. The molecule has 1 aromatic rings. The standard InChI is InChI=1S/C12H17N3O2/c1-16-11-10(13-4-5-14-11)15-6-2-12(8-15)3-7-17-9-12/h4-5H,2-3,6-9H2,1H3/t12-/m0/s1. The highest BCUT2D eigenvalue weighted by Crippen LogP contribution is 2.40. The van der Waals surface area contributed by atoms with Crippen molar-refractivity contribution < 1.29 is 9.47 Å². The second kappa shape index (κ2) is 4.14. The Morgan fingerprint density at radius 3 is 3.00 bits per heavy atom. The molecule has 1 spiro atoms. The van der Waals surface area contributed by atoms with Crippen LogP contribution < -0.4 is 9.64 Å².